The number of hydrazine groups is 1. The molecule has 1 saturated heterocycles. The molecule has 1 aliphatic rings. The van der Waals surface area contributed by atoms with Crippen LogP contribution in [0.15, 0.2) is 42.7 Å². The molecule has 2 heterocycles. The van der Waals surface area contributed by atoms with E-state index in [0.29, 0.717) is 50.4 Å². The van der Waals surface area contributed by atoms with Crippen LogP contribution in [0.5, 0.6) is 0 Å². The zero-order valence-corrected chi connectivity index (χ0v) is 18.4. The number of carbonyl (C=O) groups excluding carboxylic acids is 1. The average molecular weight is 450 g/mol. The minimum absolute atomic E-state index is 0.127. The summed E-state index contributed by atoms with van der Waals surface area (Å²) in [6.07, 6.45) is 5.25. The Balaban J connectivity index is 1.54. The molecule has 0 atom stereocenters. The number of halogens is 1. The number of benzene rings is 1. The van der Waals surface area contributed by atoms with Gasteiger partial charge in [-0.3, -0.25) is 15.2 Å². The fraction of sp³-hybridized carbons (Fsp3) is 0.429. The number of hydrogen-bond acceptors (Lipinski definition) is 6. The van der Waals surface area contributed by atoms with E-state index >= 15 is 0 Å². The molecule has 31 heavy (non-hydrogen) atoms. The van der Waals surface area contributed by atoms with Crippen LogP contribution in [0.3, 0.4) is 0 Å². The molecular weight excluding hydrogens is 421 g/mol. The molecule has 0 bridgehead atoms. The van der Waals surface area contributed by atoms with E-state index < -0.39 is 15.8 Å². The summed E-state index contributed by atoms with van der Waals surface area (Å²) in [4.78, 5) is 17.8. The highest BCUT2D eigenvalue weighted by Gasteiger charge is 2.25. The first-order valence-electron chi connectivity index (χ1n) is 10.3. The van der Waals surface area contributed by atoms with Crippen molar-refractivity contribution in [3.8, 4) is 0 Å². The van der Waals surface area contributed by atoms with Crippen LogP contribution >= 0.6 is 0 Å². The highest BCUT2D eigenvalue weighted by atomic mass is 32.2. The van der Waals surface area contributed by atoms with Crippen LogP contribution in [0.1, 0.15) is 18.9 Å². The molecule has 1 aliphatic heterocycles. The zero-order valence-electron chi connectivity index (χ0n) is 17.6. The summed E-state index contributed by atoms with van der Waals surface area (Å²) in [5, 5.41) is 1.22. The summed E-state index contributed by atoms with van der Waals surface area (Å²) in [6, 6.07) is 8.05. The summed E-state index contributed by atoms with van der Waals surface area (Å²) < 4.78 is 39.6. The van der Waals surface area contributed by atoms with Crippen molar-refractivity contribution in [1.82, 2.24) is 14.2 Å². The van der Waals surface area contributed by atoms with E-state index in [1.54, 1.807) is 41.8 Å². The van der Waals surface area contributed by atoms with Crippen molar-refractivity contribution in [3.05, 3.63) is 54.1 Å². The van der Waals surface area contributed by atoms with E-state index in [9.17, 15) is 17.6 Å². The van der Waals surface area contributed by atoms with Gasteiger partial charge >= 0.3 is 0 Å². The fourth-order valence-corrected chi connectivity index (χ4v) is 4.64. The van der Waals surface area contributed by atoms with Crippen molar-refractivity contribution in [3.63, 3.8) is 0 Å². The number of aromatic nitrogens is 1. The van der Waals surface area contributed by atoms with Crippen molar-refractivity contribution in [2.45, 2.75) is 19.8 Å². The predicted molar refractivity (Wildman–Crippen MR) is 119 cm³/mol. The van der Waals surface area contributed by atoms with Gasteiger partial charge in [0.25, 0.3) is 0 Å². The number of carbonyl (C=O) groups is 1. The quantitative estimate of drug-likeness (QED) is 0.442. The van der Waals surface area contributed by atoms with Crippen molar-refractivity contribution in [1.29, 1.82) is 0 Å². The molecule has 0 unspecified atom stereocenters. The minimum Gasteiger partial charge on any atom is -0.301 e. The molecule has 10 heteroatoms. The Kier molecular flexibility index (Phi) is 7.94. The lowest BCUT2D eigenvalue weighted by atomic mass is 10.1. The maximum Gasteiger partial charge on any atom is 0.232 e. The minimum atomic E-state index is -3.13. The number of amides is 1. The van der Waals surface area contributed by atoms with Gasteiger partial charge < -0.3 is 4.90 Å². The molecule has 0 radical (unpaired) electrons. The van der Waals surface area contributed by atoms with E-state index in [2.05, 4.69) is 15.3 Å². The second-order valence-electron chi connectivity index (χ2n) is 7.39. The Morgan fingerprint density at radius 3 is 2.65 bits per heavy atom. The molecule has 168 valence electrons. The van der Waals surface area contributed by atoms with Gasteiger partial charge in [0.1, 0.15) is 5.82 Å². The first-order chi connectivity index (χ1) is 14.9. The first-order valence-corrected chi connectivity index (χ1v) is 11.9. The molecule has 1 fully saturated rings. The monoisotopic (exact) mass is 449 g/mol. The van der Waals surface area contributed by atoms with Gasteiger partial charge in [-0.1, -0.05) is 0 Å². The molecular formula is C21H28FN5O3S. The number of nitrogens with one attached hydrogen (secondary N) is 1. The van der Waals surface area contributed by atoms with Crippen molar-refractivity contribution in [2.24, 2.45) is 0 Å². The third-order valence-corrected chi connectivity index (χ3v) is 7.15. The Morgan fingerprint density at radius 1 is 1.23 bits per heavy atom. The Labute approximate surface area is 182 Å². The van der Waals surface area contributed by atoms with Crippen LogP contribution in [0.4, 0.5) is 15.8 Å². The highest BCUT2D eigenvalue weighted by Crippen LogP contribution is 2.20. The maximum atomic E-state index is 14.2. The molecule has 0 aliphatic carbocycles. The largest absolute Gasteiger partial charge is 0.301 e. The zero-order chi connectivity index (χ0) is 22.3. The van der Waals surface area contributed by atoms with Crippen LogP contribution in [0.25, 0.3) is 0 Å². The predicted octanol–water partition coefficient (Wildman–Crippen LogP) is 2.11. The van der Waals surface area contributed by atoms with Crippen LogP contribution in [0, 0.1) is 5.82 Å². The highest BCUT2D eigenvalue weighted by molar-refractivity contribution is 7.89. The molecule has 0 spiro atoms. The molecule has 1 amide bonds. The lowest BCUT2D eigenvalue weighted by Crippen LogP contribution is -2.49. The number of hydrogen-bond donors (Lipinski definition) is 1. The van der Waals surface area contributed by atoms with Gasteiger partial charge in [0, 0.05) is 32.4 Å². The summed E-state index contributed by atoms with van der Waals surface area (Å²) in [5.41, 5.74) is 4.72. The normalized spacial score (nSPS) is 15.5. The van der Waals surface area contributed by atoms with Crippen LogP contribution < -0.4 is 10.4 Å². The maximum absolute atomic E-state index is 14.2. The van der Waals surface area contributed by atoms with Gasteiger partial charge in [0.2, 0.25) is 16.4 Å². The van der Waals surface area contributed by atoms with Crippen LogP contribution in [0.2, 0.25) is 0 Å². The topological polar surface area (TPSA) is 85.9 Å². The van der Waals surface area contributed by atoms with E-state index in [4.69, 9.17) is 0 Å². The summed E-state index contributed by atoms with van der Waals surface area (Å²) in [5.74, 6) is -0.284. The molecule has 3 rings (SSSR count). The van der Waals surface area contributed by atoms with Gasteiger partial charge in [-0.25, -0.2) is 17.8 Å². The third kappa shape index (κ3) is 6.46. The lowest BCUT2D eigenvalue weighted by molar-refractivity contribution is -0.107. The van der Waals surface area contributed by atoms with E-state index in [1.165, 1.54) is 17.1 Å². The van der Waals surface area contributed by atoms with Crippen molar-refractivity contribution < 1.29 is 17.6 Å². The summed E-state index contributed by atoms with van der Waals surface area (Å²) in [7, 11) is -3.13. The third-order valence-electron chi connectivity index (χ3n) is 5.27. The molecule has 1 aromatic heterocycles. The molecule has 1 aromatic carbocycles. The number of sulfonamides is 1. The van der Waals surface area contributed by atoms with E-state index in [1.807, 2.05) is 0 Å². The Bertz CT molecular complexity index is 966. The number of aryl methyl sites for hydroxylation is 1. The number of anilines is 2. The Hall–Kier alpha value is -2.56. The van der Waals surface area contributed by atoms with Gasteiger partial charge in [-0.2, -0.15) is 4.31 Å². The molecule has 0 saturated carbocycles. The fourth-order valence-electron chi connectivity index (χ4n) is 3.56. The van der Waals surface area contributed by atoms with Gasteiger partial charge in [0.15, 0.2) is 0 Å². The van der Waals surface area contributed by atoms with Crippen molar-refractivity contribution in [2.75, 3.05) is 48.9 Å². The van der Waals surface area contributed by atoms with Crippen LogP contribution in [-0.2, 0) is 21.2 Å². The molecule has 2 aromatic rings. The number of nitrogens with zero attached hydrogens (tertiary/aromatic N) is 4. The average Bonchev–Trinajstić information content (AvgIpc) is 2.78. The second kappa shape index (κ2) is 10.7. The van der Waals surface area contributed by atoms with E-state index in [-0.39, 0.29) is 5.75 Å². The Morgan fingerprint density at radius 2 is 2.00 bits per heavy atom. The number of piperazine rings is 1. The lowest BCUT2D eigenvalue weighted by Gasteiger charge is -2.33. The van der Waals surface area contributed by atoms with Gasteiger partial charge in [-0.05, 0) is 62.2 Å². The summed E-state index contributed by atoms with van der Waals surface area (Å²) in [6.45, 7) is 4.87. The molecule has 8 nitrogen and oxygen atoms in total. The van der Waals surface area contributed by atoms with Crippen LogP contribution in [-0.4, -0.2) is 67.5 Å². The molecule has 1 N–H and O–H groups in total. The summed E-state index contributed by atoms with van der Waals surface area (Å²) >= 11 is 0. The van der Waals surface area contributed by atoms with E-state index in [0.717, 1.165) is 18.5 Å². The smallest absolute Gasteiger partial charge is 0.232 e. The standard InChI is InChI=1S/C21H28FN5O3S/c1-2-31(29,30)26-11-9-25(10-12-26)8-4-5-18-13-19(22)15-21(14-18)27(17-28)24-20-6-3-7-23-16-20/h3,6-7,13-17,24H,2,4-5,8-12H2,1H3. The first kappa shape index (κ1) is 23.1. The number of pyridine rings is 1. The van der Waals surface area contributed by atoms with Crippen molar-refractivity contribution >= 4 is 27.8 Å². The second-order valence-corrected chi connectivity index (χ2v) is 9.65. The van der Waals surface area contributed by atoms with Gasteiger partial charge in [0.05, 0.1) is 23.3 Å². The SMILES string of the molecule is CCS(=O)(=O)N1CCN(CCCc2cc(F)cc(N(C=O)Nc3cccnc3)c2)CC1. The number of rotatable bonds is 10. The van der Waals surface area contributed by atoms with Gasteiger partial charge in [-0.15, -0.1) is 0 Å².